The number of hydrogen-bond donors (Lipinski definition) is 1. The molecule has 0 aliphatic heterocycles. The largest absolute Gasteiger partial charge is 0.396 e. The van der Waals surface area contributed by atoms with E-state index in [-0.39, 0.29) is 0 Å². The first-order chi connectivity index (χ1) is 5.57. The van der Waals surface area contributed by atoms with Crippen molar-refractivity contribution in [3.8, 4) is 0 Å². The van der Waals surface area contributed by atoms with E-state index in [1.54, 1.807) is 0 Å². The van der Waals surface area contributed by atoms with E-state index in [4.69, 9.17) is 5.11 Å². The van der Waals surface area contributed by atoms with Crippen LogP contribution in [0.1, 0.15) is 33.6 Å². The molecule has 12 heavy (non-hydrogen) atoms. The fraction of sp³-hybridized carbons (Fsp3) is 1.00. The van der Waals surface area contributed by atoms with Crippen molar-refractivity contribution in [1.29, 1.82) is 0 Å². The fourth-order valence-electron chi connectivity index (χ4n) is 3.50. The molecule has 0 radical (unpaired) electrons. The van der Waals surface area contributed by atoms with Crippen LogP contribution in [0.5, 0.6) is 0 Å². The molecule has 0 saturated heterocycles. The monoisotopic (exact) mass is 168 g/mol. The summed E-state index contributed by atoms with van der Waals surface area (Å²) >= 11 is 0. The van der Waals surface area contributed by atoms with Crippen LogP contribution in [0.15, 0.2) is 0 Å². The lowest BCUT2D eigenvalue weighted by Gasteiger charge is -2.62. The highest BCUT2D eigenvalue weighted by atomic mass is 16.3. The Kier molecular flexibility index (Phi) is 1.76. The second-order valence-corrected chi connectivity index (χ2v) is 5.40. The molecule has 3 rings (SSSR count). The zero-order valence-corrected chi connectivity index (χ0v) is 8.38. The first-order valence-electron chi connectivity index (χ1n) is 5.18. The number of aliphatic hydroxyl groups is 1. The predicted molar refractivity (Wildman–Crippen MR) is 49.7 cm³/mol. The normalized spacial score (nSPS) is 50.0. The van der Waals surface area contributed by atoms with E-state index >= 15 is 0 Å². The van der Waals surface area contributed by atoms with Crippen molar-refractivity contribution >= 4 is 0 Å². The first kappa shape index (κ1) is 8.55. The molecule has 0 heterocycles. The molecule has 0 aromatic heterocycles. The minimum atomic E-state index is 0.407. The smallest absolute Gasteiger partial charge is 0.0462 e. The lowest BCUT2D eigenvalue weighted by Crippen LogP contribution is -2.55. The van der Waals surface area contributed by atoms with E-state index in [1.165, 1.54) is 12.8 Å². The van der Waals surface area contributed by atoms with Gasteiger partial charge in [0.1, 0.15) is 0 Å². The summed E-state index contributed by atoms with van der Waals surface area (Å²) < 4.78 is 0. The minimum absolute atomic E-state index is 0.407. The summed E-state index contributed by atoms with van der Waals surface area (Å²) in [5.41, 5.74) is 0.574. The molecule has 1 N–H and O–H groups in total. The molecule has 0 aromatic rings. The maximum absolute atomic E-state index is 9.17. The molecule has 1 nitrogen and oxygen atoms in total. The molecule has 0 spiro atoms. The summed E-state index contributed by atoms with van der Waals surface area (Å²) in [6, 6.07) is 0. The van der Waals surface area contributed by atoms with Crippen LogP contribution in [0.25, 0.3) is 0 Å². The van der Waals surface area contributed by atoms with Gasteiger partial charge in [0.25, 0.3) is 0 Å². The van der Waals surface area contributed by atoms with Crippen molar-refractivity contribution in [3.05, 3.63) is 0 Å². The molecule has 3 saturated carbocycles. The third kappa shape index (κ3) is 0.891. The molecule has 4 atom stereocenters. The Hall–Kier alpha value is -0.0400. The Morgan fingerprint density at radius 3 is 2.42 bits per heavy atom. The number of hydrogen-bond acceptors (Lipinski definition) is 1. The summed E-state index contributed by atoms with van der Waals surface area (Å²) in [6.07, 6.45) is 2.69. The highest BCUT2D eigenvalue weighted by Crippen LogP contribution is 2.62. The van der Waals surface area contributed by atoms with Crippen LogP contribution in [-0.2, 0) is 0 Å². The second kappa shape index (κ2) is 2.47. The van der Waals surface area contributed by atoms with Crippen LogP contribution in [0.2, 0.25) is 0 Å². The average molecular weight is 168 g/mol. The number of aliphatic hydroxyl groups excluding tert-OH is 1. The van der Waals surface area contributed by atoms with Gasteiger partial charge in [0.2, 0.25) is 0 Å². The third-order valence-corrected chi connectivity index (χ3v) is 4.75. The van der Waals surface area contributed by atoms with E-state index in [2.05, 4.69) is 20.8 Å². The van der Waals surface area contributed by atoms with Gasteiger partial charge in [-0.2, -0.15) is 0 Å². The molecule has 1 heteroatoms. The molecule has 2 bridgehead atoms. The van der Waals surface area contributed by atoms with Crippen LogP contribution < -0.4 is 0 Å². The predicted octanol–water partition coefficient (Wildman–Crippen LogP) is 2.30. The highest BCUT2D eigenvalue weighted by Gasteiger charge is 2.55. The SMILES string of the molecule is CC1C(CO)CC2CC1C2(C)C. The number of fused-ring (bicyclic) bond motifs is 2. The summed E-state index contributed by atoms with van der Waals surface area (Å²) in [5.74, 6) is 3.13. The summed E-state index contributed by atoms with van der Waals surface area (Å²) in [6.45, 7) is 7.53. The Morgan fingerprint density at radius 2 is 2.00 bits per heavy atom. The lowest BCUT2D eigenvalue weighted by molar-refractivity contribution is -0.136. The molecule has 3 aliphatic carbocycles. The molecule has 4 unspecified atom stereocenters. The van der Waals surface area contributed by atoms with Gasteiger partial charge in [-0.1, -0.05) is 20.8 Å². The maximum Gasteiger partial charge on any atom is 0.0462 e. The van der Waals surface area contributed by atoms with Gasteiger partial charge in [-0.05, 0) is 41.9 Å². The van der Waals surface area contributed by atoms with E-state index in [1.807, 2.05) is 0 Å². The van der Waals surface area contributed by atoms with E-state index in [0.29, 0.717) is 17.9 Å². The summed E-state index contributed by atoms with van der Waals surface area (Å²) in [5, 5.41) is 9.17. The minimum Gasteiger partial charge on any atom is -0.396 e. The summed E-state index contributed by atoms with van der Waals surface area (Å²) in [4.78, 5) is 0. The van der Waals surface area contributed by atoms with Crippen LogP contribution in [-0.4, -0.2) is 11.7 Å². The highest BCUT2D eigenvalue weighted by molar-refractivity contribution is 5.04. The topological polar surface area (TPSA) is 20.2 Å². The van der Waals surface area contributed by atoms with Crippen molar-refractivity contribution in [3.63, 3.8) is 0 Å². The van der Waals surface area contributed by atoms with Crippen molar-refractivity contribution in [1.82, 2.24) is 0 Å². The first-order valence-corrected chi connectivity index (χ1v) is 5.18. The standard InChI is InChI=1S/C11H20O/c1-7-8(6-12)4-9-5-10(7)11(9,2)3/h7-10,12H,4-6H2,1-3H3. The molecule has 0 amide bonds. The average Bonchev–Trinajstić information content (AvgIpc) is 2.03. The van der Waals surface area contributed by atoms with Crippen molar-refractivity contribution in [2.45, 2.75) is 33.6 Å². The molecule has 70 valence electrons. The molecular weight excluding hydrogens is 148 g/mol. The zero-order chi connectivity index (χ0) is 8.93. The van der Waals surface area contributed by atoms with E-state index in [0.717, 1.165) is 17.8 Å². The molecule has 3 fully saturated rings. The van der Waals surface area contributed by atoms with Crippen LogP contribution in [0.3, 0.4) is 0 Å². The van der Waals surface area contributed by atoms with Crippen molar-refractivity contribution in [2.75, 3.05) is 6.61 Å². The van der Waals surface area contributed by atoms with Gasteiger partial charge in [-0.25, -0.2) is 0 Å². The van der Waals surface area contributed by atoms with Gasteiger partial charge < -0.3 is 5.11 Å². The Balaban J connectivity index is 2.11. The van der Waals surface area contributed by atoms with Gasteiger partial charge >= 0.3 is 0 Å². The van der Waals surface area contributed by atoms with Crippen molar-refractivity contribution < 1.29 is 5.11 Å². The van der Waals surface area contributed by atoms with Crippen molar-refractivity contribution in [2.24, 2.45) is 29.1 Å². The third-order valence-electron chi connectivity index (χ3n) is 4.75. The van der Waals surface area contributed by atoms with Gasteiger partial charge in [0, 0.05) is 6.61 Å². The maximum atomic E-state index is 9.17. The van der Waals surface area contributed by atoms with Crippen LogP contribution in [0.4, 0.5) is 0 Å². The molecule has 0 aromatic carbocycles. The Labute approximate surface area is 75.2 Å². The second-order valence-electron chi connectivity index (χ2n) is 5.40. The number of rotatable bonds is 1. The van der Waals surface area contributed by atoms with Gasteiger partial charge in [0.15, 0.2) is 0 Å². The van der Waals surface area contributed by atoms with Gasteiger partial charge in [-0.3, -0.25) is 0 Å². The zero-order valence-electron chi connectivity index (χ0n) is 8.38. The molecular formula is C11H20O. The Morgan fingerprint density at radius 1 is 1.33 bits per heavy atom. The lowest BCUT2D eigenvalue weighted by atomic mass is 9.43. The quantitative estimate of drug-likeness (QED) is 0.637. The van der Waals surface area contributed by atoms with E-state index in [9.17, 15) is 0 Å². The van der Waals surface area contributed by atoms with Gasteiger partial charge in [0.05, 0.1) is 0 Å². The van der Waals surface area contributed by atoms with E-state index < -0.39 is 0 Å². The summed E-state index contributed by atoms with van der Waals surface area (Å²) in [7, 11) is 0. The fourth-order valence-corrected chi connectivity index (χ4v) is 3.50. The van der Waals surface area contributed by atoms with Gasteiger partial charge in [-0.15, -0.1) is 0 Å². The van der Waals surface area contributed by atoms with Crippen LogP contribution >= 0.6 is 0 Å². The Bertz CT molecular complexity index is 185. The van der Waals surface area contributed by atoms with Crippen LogP contribution in [0, 0.1) is 29.1 Å². The molecule has 3 aliphatic rings.